The average molecular weight is 223 g/mol. The van der Waals surface area contributed by atoms with Crippen molar-refractivity contribution in [3.8, 4) is 5.06 Å². The van der Waals surface area contributed by atoms with E-state index >= 15 is 0 Å². The summed E-state index contributed by atoms with van der Waals surface area (Å²) in [6.45, 7) is 1.49. The van der Waals surface area contributed by atoms with Crippen molar-refractivity contribution in [2.24, 2.45) is 0 Å². The summed E-state index contributed by atoms with van der Waals surface area (Å²) in [5.41, 5.74) is 1.88. The number of fused-ring (bicyclic) bond motifs is 1. The lowest BCUT2D eigenvalue weighted by Gasteiger charge is -2.10. The van der Waals surface area contributed by atoms with Crippen molar-refractivity contribution in [1.82, 2.24) is 0 Å². The molecule has 1 aromatic rings. The van der Waals surface area contributed by atoms with Crippen LogP contribution in [0.1, 0.15) is 23.3 Å². The zero-order valence-electron chi connectivity index (χ0n) is 8.41. The maximum atomic E-state index is 7.84. The van der Waals surface area contributed by atoms with E-state index in [-0.39, 0.29) is 0 Å². The van der Waals surface area contributed by atoms with Crippen molar-refractivity contribution in [3.63, 3.8) is 0 Å². The number of hydrogen-bond donors (Lipinski definition) is 1. The van der Waals surface area contributed by atoms with Crippen LogP contribution in [0.15, 0.2) is 6.07 Å². The largest absolute Gasteiger partial charge is 0.481 e. The normalized spacial score (nSPS) is 23.7. The van der Waals surface area contributed by atoms with E-state index in [1.165, 1.54) is 4.88 Å². The first-order valence-electron chi connectivity index (χ1n) is 5.28. The molecule has 0 aromatic carbocycles. The van der Waals surface area contributed by atoms with Crippen LogP contribution in [0.25, 0.3) is 0 Å². The molecule has 0 amide bonds. The fourth-order valence-corrected chi connectivity index (χ4v) is 2.90. The number of aryl methyl sites for hydroxylation is 1. The van der Waals surface area contributed by atoms with Gasteiger partial charge in [0.15, 0.2) is 5.06 Å². The molecule has 1 aliphatic carbocycles. The molecule has 80 valence electrons. The minimum absolute atomic E-state index is 0.309. The van der Waals surface area contributed by atoms with E-state index in [2.05, 4.69) is 0 Å². The molecule has 1 saturated heterocycles. The first kappa shape index (κ1) is 9.36. The molecular formula is C11H13NO2S. The standard InChI is InChI=1S/C11H13NO2S/c12-9-2-1-3-10-8(9)4-11(15-10)14-6-7-5-13-7/h4,7,12H,1-3,5-6H2. The van der Waals surface area contributed by atoms with Gasteiger partial charge in [-0.15, -0.1) is 11.3 Å². The van der Waals surface area contributed by atoms with Gasteiger partial charge in [0, 0.05) is 22.2 Å². The van der Waals surface area contributed by atoms with Crippen molar-refractivity contribution in [3.05, 3.63) is 16.5 Å². The Morgan fingerprint density at radius 2 is 2.40 bits per heavy atom. The maximum Gasteiger partial charge on any atom is 0.174 e. The molecule has 0 spiro atoms. The van der Waals surface area contributed by atoms with E-state index in [1.54, 1.807) is 11.3 Å². The van der Waals surface area contributed by atoms with Gasteiger partial charge in [-0.25, -0.2) is 0 Å². The van der Waals surface area contributed by atoms with Crippen LogP contribution in [-0.2, 0) is 11.2 Å². The fraction of sp³-hybridized carbons (Fsp3) is 0.545. The van der Waals surface area contributed by atoms with Crippen LogP contribution in [0.2, 0.25) is 0 Å². The second-order valence-corrected chi connectivity index (χ2v) is 5.10. The average Bonchev–Trinajstić information content (AvgIpc) is 2.95. The SMILES string of the molecule is N=C1CCCc2sc(OCC3CO3)cc21. The van der Waals surface area contributed by atoms with Crippen LogP contribution >= 0.6 is 11.3 Å². The summed E-state index contributed by atoms with van der Waals surface area (Å²) in [7, 11) is 0. The van der Waals surface area contributed by atoms with Gasteiger partial charge >= 0.3 is 0 Å². The quantitative estimate of drug-likeness (QED) is 0.799. The van der Waals surface area contributed by atoms with Gasteiger partial charge in [0.1, 0.15) is 12.7 Å². The Hall–Kier alpha value is -0.870. The molecule has 1 atom stereocenters. The Bertz CT molecular complexity index is 395. The van der Waals surface area contributed by atoms with Gasteiger partial charge in [0.05, 0.1) is 6.61 Å². The van der Waals surface area contributed by atoms with Crippen LogP contribution in [0.4, 0.5) is 0 Å². The molecule has 1 aliphatic heterocycles. The first-order valence-corrected chi connectivity index (χ1v) is 6.09. The van der Waals surface area contributed by atoms with E-state index in [9.17, 15) is 0 Å². The first-order chi connectivity index (χ1) is 7.33. The van der Waals surface area contributed by atoms with Crippen LogP contribution in [0.3, 0.4) is 0 Å². The Labute approximate surface area is 92.5 Å². The molecule has 2 heterocycles. The van der Waals surface area contributed by atoms with Gasteiger partial charge in [-0.3, -0.25) is 0 Å². The number of ether oxygens (including phenoxy) is 2. The second kappa shape index (κ2) is 3.61. The molecule has 0 saturated carbocycles. The van der Waals surface area contributed by atoms with Gasteiger partial charge in [0.2, 0.25) is 0 Å². The summed E-state index contributed by atoms with van der Waals surface area (Å²) in [6, 6.07) is 2.02. The number of epoxide rings is 1. The Morgan fingerprint density at radius 1 is 1.53 bits per heavy atom. The monoisotopic (exact) mass is 223 g/mol. The predicted molar refractivity (Wildman–Crippen MR) is 59.3 cm³/mol. The number of hydrogen-bond acceptors (Lipinski definition) is 4. The van der Waals surface area contributed by atoms with Crippen molar-refractivity contribution in [2.45, 2.75) is 25.4 Å². The molecule has 1 aromatic heterocycles. The molecule has 3 nitrogen and oxygen atoms in total. The number of rotatable bonds is 3. The minimum Gasteiger partial charge on any atom is -0.481 e. The topological polar surface area (TPSA) is 45.6 Å². The lowest BCUT2D eigenvalue weighted by atomic mass is 9.97. The highest BCUT2D eigenvalue weighted by atomic mass is 32.1. The molecule has 4 heteroatoms. The Morgan fingerprint density at radius 3 is 3.13 bits per heavy atom. The number of thiophene rings is 1. The summed E-state index contributed by atoms with van der Waals surface area (Å²) in [5.74, 6) is 0. The molecule has 15 heavy (non-hydrogen) atoms. The van der Waals surface area contributed by atoms with Crippen molar-refractivity contribution < 1.29 is 9.47 Å². The molecule has 1 N–H and O–H groups in total. The summed E-state index contributed by atoms with van der Waals surface area (Å²) < 4.78 is 10.7. The van der Waals surface area contributed by atoms with Crippen LogP contribution in [0, 0.1) is 5.41 Å². The lowest BCUT2D eigenvalue weighted by molar-refractivity contribution is 0.269. The summed E-state index contributed by atoms with van der Waals surface area (Å²) >= 11 is 1.69. The van der Waals surface area contributed by atoms with Crippen molar-refractivity contribution >= 4 is 17.0 Å². The summed E-state index contributed by atoms with van der Waals surface area (Å²) in [4.78, 5) is 1.32. The van der Waals surface area contributed by atoms with E-state index in [1.807, 2.05) is 6.07 Å². The fourth-order valence-electron chi connectivity index (χ4n) is 1.82. The third-order valence-electron chi connectivity index (χ3n) is 2.76. The minimum atomic E-state index is 0.309. The van der Waals surface area contributed by atoms with E-state index in [0.29, 0.717) is 12.7 Å². The third-order valence-corrected chi connectivity index (χ3v) is 3.86. The van der Waals surface area contributed by atoms with E-state index in [4.69, 9.17) is 14.9 Å². The van der Waals surface area contributed by atoms with E-state index in [0.717, 1.165) is 42.2 Å². The Kier molecular flexibility index (Phi) is 2.25. The third kappa shape index (κ3) is 1.92. The molecule has 2 aliphatic rings. The number of nitrogens with one attached hydrogen (secondary N) is 1. The van der Waals surface area contributed by atoms with Crippen LogP contribution < -0.4 is 4.74 Å². The summed E-state index contributed by atoms with van der Waals surface area (Å²) in [5, 5.41) is 8.79. The van der Waals surface area contributed by atoms with E-state index < -0.39 is 0 Å². The molecule has 1 unspecified atom stereocenters. The second-order valence-electron chi connectivity index (χ2n) is 4.00. The van der Waals surface area contributed by atoms with Crippen molar-refractivity contribution in [1.29, 1.82) is 5.41 Å². The van der Waals surface area contributed by atoms with Crippen LogP contribution in [0.5, 0.6) is 5.06 Å². The predicted octanol–water partition coefficient (Wildman–Crippen LogP) is 2.23. The lowest BCUT2D eigenvalue weighted by Crippen LogP contribution is -2.07. The molecule has 1 fully saturated rings. The van der Waals surface area contributed by atoms with Gasteiger partial charge in [-0.05, 0) is 19.3 Å². The molecule has 0 radical (unpaired) electrons. The van der Waals surface area contributed by atoms with Gasteiger partial charge in [-0.2, -0.15) is 0 Å². The van der Waals surface area contributed by atoms with Gasteiger partial charge < -0.3 is 14.9 Å². The highest BCUT2D eigenvalue weighted by Gasteiger charge is 2.24. The van der Waals surface area contributed by atoms with Gasteiger partial charge in [-0.1, -0.05) is 0 Å². The molecule has 3 rings (SSSR count). The highest BCUT2D eigenvalue weighted by Crippen LogP contribution is 2.34. The zero-order valence-corrected chi connectivity index (χ0v) is 9.23. The summed E-state index contributed by atoms with van der Waals surface area (Å²) in [6.07, 6.45) is 3.43. The van der Waals surface area contributed by atoms with Crippen molar-refractivity contribution in [2.75, 3.05) is 13.2 Å². The Balaban J connectivity index is 1.75. The molecule has 0 bridgehead atoms. The highest BCUT2D eigenvalue weighted by molar-refractivity contribution is 7.14. The van der Waals surface area contributed by atoms with Gasteiger partial charge in [0.25, 0.3) is 0 Å². The molecular weight excluding hydrogens is 210 g/mol. The van der Waals surface area contributed by atoms with Crippen LogP contribution in [-0.4, -0.2) is 25.0 Å². The smallest absolute Gasteiger partial charge is 0.174 e. The zero-order chi connectivity index (χ0) is 10.3. The maximum absolute atomic E-state index is 7.84.